The van der Waals surface area contributed by atoms with Crippen LogP contribution in [-0.4, -0.2) is 35.1 Å². The quantitative estimate of drug-likeness (QED) is 0.409. The standard InChI is InChI=1S/C16H20N2O4/c1-17-11-5-6-12-18(15(19)9-10-16(20)21)22-13-14-7-3-2-4-8-14/h2-4,7-8H,5-6,9-13H2,(H,20,21). The second-order valence-corrected chi connectivity index (χ2v) is 4.74. The second kappa shape index (κ2) is 10.4. The van der Waals surface area contributed by atoms with Crippen LogP contribution in [0.2, 0.25) is 0 Å². The number of hydroxylamine groups is 2. The van der Waals surface area contributed by atoms with Gasteiger partial charge in [0.1, 0.15) is 6.61 Å². The number of unbranched alkanes of at least 4 members (excludes halogenated alkanes) is 1. The Morgan fingerprint density at radius 2 is 1.91 bits per heavy atom. The van der Waals surface area contributed by atoms with E-state index in [2.05, 4.69) is 4.85 Å². The summed E-state index contributed by atoms with van der Waals surface area (Å²) in [7, 11) is 0. The van der Waals surface area contributed by atoms with Crippen LogP contribution in [0.5, 0.6) is 0 Å². The highest BCUT2D eigenvalue weighted by atomic mass is 16.7. The lowest BCUT2D eigenvalue weighted by Gasteiger charge is -2.21. The molecule has 0 aliphatic heterocycles. The molecule has 1 aromatic carbocycles. The van der Waals surface area contributed by atoms with Crippen LogP contribution in [0.4, 0.5) is 0 Å². The first-order valence-corrected chi connectivity index (χ1v) is 7.15. The summed E-state index contributed by atoms with van der Waals surface area (Å²) in [5, 5.41) is 9.88. The highest BCUT2D eigenvalue weighted by molar-refractivity contribution is 5.79. The van der Waals surface area contributed by atoms with Crippen molar-refractivity contribution in [2.75, 3.05) is 13.1 Å². The third-order valence-corrected chi connectivity index (χ3v) is 2.94. The molecule has 1 rings (SSSR count). The Balaban J connectivity index is 2.50. The lowest BCUT2D eigenvalue weighted by atomic mass is 10.2. The molecule has 0 aliphatic rings. The summed E-state index contributed by atoms with van der Waals surface area (Å²) in [6.45, 7) is 7.75. The van der Waals surface area contributed by atoms with E-state index in [-0.39, 0.29) is 25.4 Å². The molecule has 0 saturated carbocycles. The van der Waals surface area contributed by atoms with Gasteiger partial charge >= 0.3 is 5.97 Å². The smallest absolute Gasteiger partial charge is 0.303 e. The number of benzene rings is 1. The summed E-state index contributed by atoms with van der Waals surface area (Å²) in [6.07, 6.45) is 1.02. The van der Waals surface area contributed by atoms with Gasteiger partial charge in [-0.15, -0.1) is 0 Å². The number of rotatable bonds is 10. The normalized spacial score (nSPS) is 9.95. The van der Waals surface area contributed by atoms with Crippen molar-refractivity contribution in [1.29, 1.82) is 0 Å². The molecule has 0 spiro atoms. The van der Waals surface area contributed by atoms with Gasteiger partial charge in [0, 0.05) is 19.4 Å². The van der Waals surface area contributed by atoms with Crippen molar-refractivity contribution in [2.45, 2.75) is 32.3 Å². The summed E-state index contributed by atoms with van der Waals surface area (Å²) in [5.41, 5.74) is 0.930. The van der Waals surface area contributed by atoms with Gasteiger partial charge in [0.25, 0.3) is 0 Å². The summed E-state index contributed by atoms with van der Waals surface area (Å²) in [5.74, 6) is -1.36. The van der Waals surface area contributed by atoms with Gasteiger partial charge < -0.3 is 9.95 Å². The molecule has 1 N–H and O–H groups in total. The van der Waals surface area contributed by atoms with E-state index >= 15 is 0 Å². The molecule has 0 fully saturated rings. The summed E-state index contributed by atoms with van der Waals surface area (Å²) in [6, 6.07) is 9.43. The van der Waals surface area contributed by atoms with E-state index in [9.17, 15) is 9.59 Å². The molecular formula is C16H20N2O4. The number of amides is 1. The first-order chi connectivity index (χ1) is 10.6. The number of carbonyl (C=O) groups excluding carboxylic acids is 1. The van der Waals surface area contributed by atoms with Gasteiger partial charge in [-0.3, -0.25) is 14.4 Å². The Kier molecular flexibility index (Phi) is 8.31. The third-order valence-electron chi connectivity index (χ3n) is 2.94. The zero-order valence-corrected chi connectivity index (χ0v) is 12.4. The number of hydrogen-bond donors (Lipinski definition) is 1. The molecule has 1 amide bonds. The van der Waals surface area contributed by atoms with Gasteiger partial charge in [0.05, 0.1) is 6.42 Å². The number of aliphatic carboxylic acids is 1. The van der Waals surface area contributed by atoms with Crippen LogP contribution < -0.4 is 0 Å². The molecule has 0 atom stereocenters. The number of carboxylic acid groups (broad SMARTS) is 1. The number of nitrogens with zero attached hydrogens (tertiary/aromatic N) is 2. The fourth-order valence-electron chi connectivity index (χ4n) is 1.77. The highest BCUT2D eigenvalue weighted by Gasteiger charge is 2.16. The van der Waals surface area contributed by atoms with Gasteiger partial charge in [-0.1, -0.05) is 30.3 Å². The topological polar surface area (TPSA) is 71.2 Å². The average molecular weight is 304 g/mol. The maximum Gasteiger partial charge on any atom is 0.303 e. The molecule has 0 radical (unpaired) electrons. The van der Waals surface area contributed by atoms with Crippen LogP contribution in [0.3, 0.4) is 0 Å². The first kappa shape index (κ1) is 17.7. The van der Waals surface area contributed by atoms with Crippen LogP contribution in [0, 0.1) is 6.57 Å². The zero-order valence-electron chi connectivity index (χ0n) is 12.4. The van der Waals surface area contributed by atoms with E-state index in [0.717, 1.165) is 5.56 Å². The Morgan fingerprint density at radius 1 is 1.18 bits per heavy atom. The predicted octanol–water partition coefficient (Wildman–Crippen LogP) is 2.51. The van der Waals surface area contributed by atoms with Crippen LogP contribution >= 0.6 is 0 Å². The van der Waals surface area contributed by atoms with E-state index in [1.54, 1.807) is 0 Å². The molecule has 0 unspecified atom stereocenters. The van der Waals surface area contributed by atoms with E-state index < -0.39 is 5.97 Å². The van der Waals surface area contributed by atoms with E-state index in [1.165, 1.54) is 5.06 Å². The van der Waals surface area contributed by atoms with Crippen LogP contribution in [0.25, 0.3) is 4.85 Å². The fourth-order valence-corrected chi connectivity index (χ4v) is 1.77. The SMILES string of the molecule is [C-]#[N+]CCCCN(OCc1ccccc1)C(=O)CCC(=O)O. The van der Waals surface area contributed by atoms with Gasteiger partial charge in [0.2, 0.25) is 12.5 Å². The summed E-state index contributed by atoms with van der Waals surface area (Å²) in [4.78, 5) is 31.3. The molecule has 22 heavy (non-hydrogen) atoms. The van der Waals surface area contributed by atoms with Crippen LogP contribution in [0.15, 0.2) is 30.3 Å². The maximum atomic E-state index is 12.0. The van der Waals surface area contributed by atoms with E-state index in [1.807, 2.05) is 30.3 Å². The molecule has 0 aromatic heterocycles. The van der Waals surface area contributed by atoms with Gasteiger partial charge in [0.15, 0.2) is 0 Å². The molecule has 1 aromatic rings. The Labute approximate surface area is 130 Å². The van der Waals surface area contributed by atoms with Crippen LogP contribution in [-0.2, 0) is 21.0 Å². The molecule has 0 bridgehead atoms. The van der Waals surface area contributed by atoms with Crippen molar-refractivity contribution in [1.82, 2.24) is 5.06 Å². The number of carbonyl (C=O) groups is 2. The largest absolute Gasteiger partial charge is 0.481 e. The number of hydrogen-bond acceptors (Lipinski definition) is 3. The van der Waals surface area contributed by atoms with Crippen molar-refractivity contribution < 1.29 is 19.5 Å². The summed E-state index contributed by atoms with van der Waals surface area (Å²) < 4.78 is 0. The predicted molar refractivity (Wildman–Crippen MR) is 80.5 cm³/mol. The lowest BCUT2D eigenvalue weighted by molar-refractivity contribution is -0.192. The van der Waals surface area contributed by atoms with Crippen molar-refractivity contribution >= 4 is 11.9 Å². The van der Waals surface area contributed by atoms with E-state index in [4.69, 9.17) is 16.5 Å². The highest BCUT2D eigenvalue weighted by Crippen LogP contribution is 2.07. The molecular weight excluding hydrogens is 284 g/mol. The van der Waals surface area contributed by atoms with Crippen molar-refractivity contribution in [3.05, 3.63) is 47.3 Å². The van der Waals surface area contributed by atoms with Gasteiger partial charge in [-0.05, 0) is 12.0 Å². The van der Waals surface area contributed by atoms with Crippen molar-refractivity contribution in [2.24, 2.45) is 0 Å². The maximum absolute atomic E-state index is 12.0. The Morgan fingerprint density at radius 3 is 2.55 bits per heavy atom. The molecule has 6 nitrogen and oxygen atoms in total. The zero-order chi connectivity index (χ0) is 16.2. The minimum Gasteiger partial charge on any atom is -0.481 e. The monoisotopic (exact) mass is 304 g/mol. The average Bonchev–Trinajstić information content (AvgIpc) is 2.53. The van der Waals surface area contributed by atoms with Crippen molar-refractivity contribution in [3.8, 4) is 0 Å². The third kappa shape index (κ3) is 7.41. The van der Waals surface area contributed by atoms with Crippen molar-refractivity contribution in [3.63, 3.8) is 0 Å². The molecule has 118 valence electrons. The van der Waals surface area contributed by atoms with Crippen LogP contribution in [0.1, 0.15) is 31.2 Å². The Bertz CT molecular complexity index is 511. The fraction of sp³-hybridized carbons (Fsp3) is 0.438. The number of carboxylic acids is 1. The Hall–Kier alpha value is -2.39. The second-order valence-electron chi connectivity index (χ2n) is 4.74. The van der Waals surface area contributed by atoms with Gasteiger partial charge in [-0.25, -0.2) is 11.6 Å². The minimum absolute atomic E-state index is 0.0903. The van der Waals surface area contributed by atoms with Gasteiger partial charge in [-0.2, -0.15) is 0 Å². The molecule has 0 saturated heterocycles. The first-order valence-electron chi connectivity index (χ1n) is 7.15. The molecule has 6 heteroatoms. The molecule has 0 aliphatic carbocycles. The minimum atomic E-state index is -1.01. The van der Waals surface area contributed by atoms with E-state index in [0.29, 0.717) is 25.9 Å². The lowest BCUT2D eigenvalue weighted by Crippen LogP contribution is -2.32. The molecule has 0 heterocycles. The summed E-state index contributed by atoms with van der Waals surface area (Å²) >= 11 is 0.